The second-order valence-corrected chi connectivity index (χ2v) is 17.5. The number of benzene rings is 2. The van der Waals surface area contributed by atoms with Crippen LogP contribution >= 0.6 is 34.5 Å². The van der Waals surface area contributed by atoms with E-state index in [9.17, 15) is 18.8 Å². The van der Waals surface area contributed by atoms with Crippen LogP contribution in [0.4, 0.5) is 18.3 Å². The van der Waals surface area contributed by atoms with Crippen LogP contribution < -0.4 is 10.2 Å². The molecular weight excluding hydrogens is 754 g/mol. The van der Waals surface area contributed by atoms with Gasteiger partial charge in [-0.2, -0.15) is 5.26 Å². The molecule has 4 saturated heterocycles. The van der Waals surface area contributed by atoms with Crippen molar-refractivity contribution in [2.45, 2.75) is 76.0 Å². The topological polar surface area (TPSA) is 90.1 Å². The molecule has 1 amide bonds. The van der Waals surface area contributed by atoms with Crippen molar-refractivity contribution in [1.29, 1.82) is 5.26 Å². The molecule has 3 aromatic heterocycles. The number of carbonyl (C=O) groups is 1. The van der Waals surface area contributed by atoms with Crippen molar-refractivity contribution in [2.75, 3.05) is 24.5 Å². The van der Waals surface area contributed by atoms with Crippen LogP contribution in [-0.4, -0.2) is 57.1 Å². The number of aryl methyl sites for hydroxylation is 2. The van der Waals surface area contributed by atoms with E-state index in [1.165, 1.54) is 6.20 Å². The number of nitriles is 1. The number of fused-ring (bicyclic) bond motifs is 6. The maximum absolute atomic E-state index is 17.3. The average molecular weight is 791 g/mol. The summed E-state index contributed by atoms with van der Waals surface area (Å²) in [6, 6.07) is 11.5. The molecule has 11 rings (SSSR count). The van der Waals surface area contributed by atoms with Gasteiger partial charge in [0.1, 0.15) is 5.52 Å². The number of thiazole rings is 1. The lowest BCUT2D eigenvalue weighted by molar-refractivity contribution is -0.135. The number of amides is 1. The van der Waals surface area contributed by atoms with Gasteiger partial charge in [-0.3, -0.25) is 4.79 Å². The summed E-state index contributed by atoms with van der Waals surface area (Å²) < 4.78 is 46.9. The van der Waals surface area contributed by atoms with Crippen LogP contribution in [0.5, 0.6) is 0 Å². The van der Waals surface area contributed by atoms with E-state index >= 15 is 4.39 Å². The van der Waals surface area contributed by atoms with Crippen molar-refractivity contribution < 1.29 is 18.0 Å². The van der Waals surface area contributed by atoms with E-state index in [2.05, 4.69) is 36.8 Å². The number of anilines is 1. The zero-order valence-corrected chi connectivity index (χ0v) is 31.7. The van der Waals surface area contributed by atoms with E-state index in [4.69, 9.17) is 28.2 Å². The molecule has 0 unspecified atom stereocenters. The third kappa shape index (κ3) is 5.21. The Kier molecular flexibility index (Phi) is 8.22. The minimum atomic E-state index is -2.59. The van der Waals surface area contributed by atoms with Crippen molar-refractivity contribution in [1.82, 2.24) is 24.8 Å². The van der Waals surface area contributed by atoms with Gasteiger partial charge >= 0.3 is 0 Å². The molecule has 14 heteroatoms. The summed E-state index contributed by atoms with van der Waals surface area (Å²) in [6.07, 6.45) is 2.73. The molecule has 2 aliphatic carbocycles. The number of pyridine rings is 1. The summed E-state index contributed by atoms with van der Waals surface area (Å²) in [5.41, 5.74) is 4.19. The first kappa shape index (κ1) is 34.6. The van der Waals surface area contributed by atoms with E-state index < -0.39 is 12.2 Å². The summed E-state index contributed by atoms with van der Waals surface area (Å²) in [5, 5.41) is 16.0. The predicted octanol–water partition coefficient (Wildman–Crippen LogP) is 9.18. The second-order valence-electron chi connectivity index (χ2n) is 15.6. The lowest BCUT2D eigenvalue weighted by Crippen LogP contribution is -2.45. The van der Waals surface area contributed by atoms with E-state index in [-0.39, 0.29) is 63.7 Å². The van der Waals surface area contributed by atoms with Gasteiger partial charge in [-0.25, -0.2) is 23.1 Å². The smallest absolute Gasteiger partial charge is 0.274 e. The fraction of sp³-hybridized carbons (Fsp3) is 0.450. The highest BCUT2D eigenvalue weighted by atomic mass is 35.5. The fourth-order valence-electron chi connectivity index (χ4n) is 9.99. The first-order chi connectivity index (χ1) is 26.1. The molecule has 6 aliphatic rings. The third-order valence-electron chi connectivity index (χ3n) is 12.5. The molecule has 6 fully saturated rings. The van der Waals surface area contributed by atoms with Gasteiger partial charge in [-0.1, -0.05) is 46.7 Å². The number of carbonyl (C=O) groups excluding carboxylic acids is 1. The lowest BCUT2D eigenvalue weighted by atomic mass is 9.79. The van der Waals surface area contributed by atoms with Gasteiger partial charge in [-0.15, -0.1) is 0 Å². The number of nitrogens with zero attached hydrogens (tertiary/aromatic N) is 6. The minimum absolute atomic E-state index is 0.0114. The van der Waals surface area contributed by atoms with Crippen molar-refractivity contribution in [3.05, 3.63) is 74.2 Å². The van der Waals surface area contributed by atoms with Gasteiger partial charge in [0.15, 0.2) is 10.9 Å². The number of aromatic nitrogens is 3. The Bertz CT molecular complexity index is 2410. The largest absolute Gasteiger partial charge is 0.346 e. The first-order valence-electron chi connectivity index (χ1n) is 18.6. The normalized spacial score (nSPS) is 26.0. The number of likely N-dealkylation sites (tertiary alicyclic amines) is 1. The molecule has 6 atom stereocenters. The Morgan fingerprint density at radius 2 is 1.98 bits per heavy atom. The summed E-state index contributed by atoms with van der Waals surface area (Å²) in [5.74, 6) is 0.0260. The quantitative estimate of drug-likeness (QED) is 0.169. The summed E-state index contributed by atoms with van der Waals surface area (Å²) in [6.45, 7) is 3.90. The Morgan fingerprint density at radius 3 is 2.69 bits per heavy atom. The molecule has 1 N–H and O–H groups in total. The predicted molar refractivity (Wildman–Crippen MR) is 204 cm³/mol. The van der Waals surface area contributed by atoms with Crippen LogP contribution in [0, 0.1) is 41.8 Å². The number of halogens is 5. The summed E-state index contributed by atoms with van der Waals surface area (Å²) in [7, 11) is 0. The molecule has 2 aromatic carbocycles. The Labute approximate surface area is 323 Å². The molecule has 0 spiro atoms. The van der Waals surface area contributed by atoms with Crippen LogP contribution in [0.2, 0.25) is 10.0 Å². The van der Waals surface area contributed by atoms with Crippen LogP contribution in [0.1, 0.15) is 72.4 Å². The second kappa shape index (κ2) is 12.8. The highest BCUT2D eigenvalue weighted by molar-refractivity contribution is 7.15. The highest BCUT2D eigenvalue weighted by Gasteiger charge is 2.55. The molecular formula is C40H36Cl2F3N7OS. The van der Waals surface area contributed by atoms with E-state index in [0.29, 0.717) is 63.4 Å². The Morgan fingerprint density at radius 1 is 1.15 bits per heavy atom. The van der Waals surface area contributed by atoms with E-state index in [1.807, 2.05) is 13.0 Å². The van der Waals surface area contributed by atoms with Gasteiger partial charge in [0, 0.05) is 83.4 Å². The number of hydrogen-bond donors (Lipinski definition) is 1. The Balaban J connectivity index is 1.20. The van der Waals surface area contributed by atoms with Gasteiger partial charge < -0.3 is 19.7 Å². The average Bonchev–Trinajstić information content (AvgIpc) is 3.55. The standard InChI is InChI=1S/C40H36Cl2F3N7OS/c1-18-25-13-29(36-22-10-23(51(36)39(53)19-7-8-19)17-50(16-22)40-48-15-30(54-40)38(44)45)52(35-21-12-28(35)47-14-21)37(25)26-11-20(4-3-9-46)31(33(43)34(26)49-18)24-5-2-6-27(41)32(24)42/h2,5-6,11,13,15,19,21-23,28,35-36,38,47H,3-4,7-8,10,12,14,16-17H2,1H3/t21-,22+,23-,28-,35+,36-/m1/s1. The molecule has 8 nitrogen and oxygen atoms in total. The summed E-state index contributed by atoms with van der Waals surface area (Å²) in [4.78, 5) is 27.8. The molecule has 278 valence electrons. The van der Waals surface area contributed by atoms with Crippen molar-refractivity contribution >= 4 is 67.4 Å². The van der Waals surface area contributed by atoms with Crippen LogP contribution in [-0.2, 0) is 11.2 Å². The summed E-state index contributed by atoms with van der Waals surface area (Å²) >= 11 is 14.1. The third-order valence-corrected chi connectivity index (χ3v) is 14.4. The van der Waals surface area contributed by atoms with Gasteiger partial charge in [-0.05, 0) is 68.7 Å². The maximum Gasteiger partial charge on any atom is 0.274 e. The molecule has 4 aliphatic heterocycles. The maximum atomic E-state index is 17.3. The van der Waals surface area contributed by atoms with E-state index in [1.54, 1.807) is 18.2 Å². The van der Waals surface area contributed by atoms with Gasteiger partial charge in [0.05, 0.1) is 44.6 Å². The number of nitrogens with one attached hydrogen (secondary N) is 1. The minimum Gasteiger partial charge on any atom is -0.346 e. The lowest BCUT2D eigenvalue weighted by Gasteiger charge is -2.40. The first-order valence-corrected chi connectivity index (χ1v) is 20.2. The van der Waals surface area contributed by atoms with Crippen molar-refractivity contribution in [2.24, 2.45) is 17.8 Å². The molecule has 5 aromatic rings. The zero-order chi connectivity index (χ0) is 37.2. The van der Waals surface area contributed by atoms with Gasteiger partial charge in [0.25, 0.3) is 6.43 Å². The monoisotopic (exact) mass is 789 g/mol. The molecule has 7 heterocycles. The zero-order valence-electron chi connectivity index (χ0n) is 29.3. The van der Waals surface area contributed by atoms with Crippen molar-refractivity contribution in [3.63, 3.8) is 0 Å². The molecule has 4 bridgehead atoms. The highest BCUT2D eigenvalue weighted by Crippen LogP contribution is 2.54. The van der Waals surface area contributed by atoms with Crippen LogP contribution in [0.25, 0.3) is 32.9 Å². The van der Waals surface area contributed by atoms with Gasteiger partial charge in [0.2, 0.25) is 5.91 Å². The Hall–Kier alpha value is -3.89. The van der Waals surface area contributed by atoms with Crippen LogP contribution in [0.15, 0.2) is 36.5 Å². The number of alkyl halides is 2. The van der Waals surface area contributed by atoms with Crippen molar-refractivity contribution in [3.8, 4) is 17.2 Å². The van der Waals surface area contributed by atoms with Crippen LogP contribution in [0.3, 0.4) is 0 Å². The van der Waals surface area contributed by atoms with E-state index in [0.717, 1.165) is 60.2 Å². The fourth-order valence-corrected chi connectivity index (χ4v) is 11.2. The number of piperidine rings is 1. The SMILES string of the molecule is Cc1nc2c(F)c(-c3cccc(Cl)c3Cl)c(CCC#N)cc2c2c1cc([C@H]1[C@H]3C[C@H](CN(c4ncc(C(F)F)s4)C3)N1C(=O)C1CC1)n2[C@H]1[C@H]2CN[C@@H]1C2. The molecule has 0 radical (unpaired) electrons. The molecule has 54 heavy (non-hydrogen) atoms. The number of hydrogen-bond acceptors (Lipinski definition) is 7. The molecule has 2 saturated carbocycles. The number of rotatable bonds is 8.